The zero-order valence-electron chi connectivity index (χ0n) is 16.4. The predicted molar refractivity (Wildman–Crippen MR) is 114 cm³/mol. The number of ether oxygens (including phenoxy) is 3. The molecule has 6 heteroatoms. The second-order valence-electron chi connectivity index (χ2n) is 7.58. The molecular formula is C24H19Cl2FO3. The van der Waals surface area contributed by atoms with E-state index in [1.165, 1.54) is 12.1 Å². The van der Waals surface area contributed by atoms with Crippen molar-refractivity contribution in [3.8, 4) is 17.2 Å². The highest BCUT2D eigenvalue weighted by Crippen LogP contribution is 2.77. The van der Waals surface area contributed by atoms with Crippen LogP contribution in [0.15, 0.2) is 66.7 Å². The number of alkyl halides is 2. The lowest BCUT2D eigenvalue weighted by atomic mass is 9.82. The first-order valence-corrected chi connectivity index (χ1v) is 10.3. The minimum absolute atomic E-state index is 0.154. The first-order valence-electron chi connectivity index (χ1n) is 9.57. The Morgan fingerprint density at radius 3 is 2.30 bits per heavy atom. The molecule has 1 fully saturated rings. The zero-order valence-corrected chi connectivity index (χ0v) is 17.9. The van der Waals surface area contributed by atoms with Crippen LogP contribution in [0.25, 0.3) is 0 Å². The van der Waals surface area contributed by atoms with Crippen LogP contribution in [0.4, 0.5) is 4.39 Å². The highest BCUT2D eigenvalue weighted by Gasteiger charge is 2.83. The lowest BCUT2D eigenvalue weighted by Crippen LogP contribution is -2.29. The molecule has 0 N–H and O–H groups in total. The van der Waals surface area contributed by atoms with Crippen LogP contribution in [0.3, 0.4) is 0 Å². The van der Waals surface area contributed by atoms with Crippen LogP contribution in [0.2, 0.25) is 0 Å². The number of rotatable bonds is 4. The van der Waals surface area contributed by atoms with Crippen LogP contribution in [-0.4, -0.2) is 18.6 Å². The fraction of sp³-hybridized carbons (Fsp3) is 0.250. The van der Waals surface area contributed by atoms with Crippen molar-refractivity contribution in [2.75, 3.05) is 14.2 Å². The van der Waals surface area contributed by atoms with Crippen molar-refractivity contribution < 1.29 is 18.6 Å². The molecule has 1 saturated carbocycles. The van der Waals surface area contributed by atoms with Gasteiger partial charge in [0.05, 0.1) is 20.1 Å². The van der Waals surface area contributed by atoms with E-state index in [2.05, 4.69) is 0 Å². The number of hydrogen-bond donors (Lipinski definition) is 0. The Morgan fingerprint density at radius 1 is 0.900 bits per heavy atom. The van der Waals surface area contributed by atoms with Gasteiger partial charge in [-0.2, -0.15) is 0 Å². The fourth-order valence-corrected chi connectivity index (χ4v) is 5.69. The molecule has 0 saturated heterocycles. The number of para-hydroxylation sites is 1. The molecule has 1 heterocycles. The third-order valence-electron chi connectivity index (χ3n) is 6.14. The lowest BCUT2D eigenvalue weighted by Gasteiger charge is -2.32. The van der Waals surface area contributed by atoms with Gasteiger partial charge in [-0.05, 0) is 35.9 Å². The predicted octanol–water partition coefficient (Wildman–Crippen LogP) is 6.07. The van der Waals surface area contributed by atoms with Gasteiger partial charge in [-0.1, -0.05) is 59.6 Å². The Morgan fingerprint density at radius 2 is 1.60 bits per heavy atom. The summed E-state index contributed by atoms with van der Waals surface area (Å²) in [7, 11) is 3.16. The highest BCUT2D eigenvalue weighted by atomic mass is 35.5. The van der Waals surface area contributed by atoms with Gasteiger partial charge in [0.25, 0.3) is 0 Å². The standard InChI is InChI=1S/C24H19Cl2FO3/c1-28-19-12-9-15(13-20(19)29-2)23-22(24(23,25)26)21(14-7-10-16(27)11-8-14)17-5-3-4-6-18(17)30-23/h3-13,21-22H,1-2H3/t21-,22+,23-/m0/s1. The average molecular weight is 445 g/mol. The molecule has 0 unspecified atom stereocenters. The van der Waals surface area contributed by atoms with Crippen LogP contribution in [-0.2, 0) is 5.60 Å². The SMILES string of the molecule is COc1ccc([C@]23Oc4ccccc4[C@H](c4ccc(F)cc4)[C@H]2C3(Cl)Cl)cc1OC. The summed E-state index contributed by atoms with van der Waals surface area (Å²) < 4.78 is 29.8. The van der Waals surface area contributed by atoms with Crippen molar-refractivity contribution in [1.82, 2.24) is 0 Å². The first kappa shape index (κ1) is 19.5. The average Bonchev–Trinajstić information content (AvgIpc) is 3.27. The third-order valence-corrected chi connectivity index (χ3v) is 7.17. The van der Waals surface area contributed by atoms with Gasteiger partial charge >= 0.3 is 0 Å². The van der Waals surface area contributed by atoms with Crippen LogP contribution in [0.1, 0.15) is 22.6 Å². The molecule has 3 aromatic carbocycles. The molecule has 3 nitrogen and oxygen atoms in total. The summed E-state index contributed by atoms with van der Waals surface area (Å²) in [6.45, 7) is 0. The number of benzene rings is 3. The van der Waals surface area contributed by atoms with Gasteiger partial charge in [-0.25, -0.2) is 4.39 Å². The van der Waals surface area contributed by atoms with Crippen molar-refractivity contribution >= 4 is 23.2 Å². The summed E-state index contributed by atoms with van der Waals surface area (Å²) in [5.74, 6) is 1.17. The molecule has 0 bridgehead atoms. The summed E-state index contributed by atoms with van der Waals surface area (Å²) in [5, 5.41) is 0. The molecule has 5 rings (SSSR count). The van der Waals surface area contributed by atoms with E-state index in [-0.39, 0.29) is 17.7 Å². The van der Waals surface area contributed by atoms with E-state index in [4.69, 9.17) is 37.4 Å². The second kappa shape index (κ2) is 6.79. The quantitative estimate of drug-likeness (QED) is 0.457. The van der Waals surface area contributed by atoms with Crippen molar-refractivity contribution in [2.24, 2.45) is 5.92 Å². The number of halogens is 3. The molecule has 1 aliphatic carbocycles. The maximum Gasteiger partial charge on any atom is 0.174 e. The number of hydrogen-bond acceptors (Lipinski definition) is 3. The largest absolute Gasteiger partial charge is 0.493 e. The van der Waals surface area contributed by atoms with Crippen LogP contribution < -0.4 is 14.2 Å². The minimum atomic E-state index is -1.19. The van der Waals surface area contributed by atoms with Gasteiger partial charge in [-0.3, -0.25) is 0 Å². The molecule has 0 amide bonds. The smallest absolute Gasteiger partial charge is 0.174 e. The third kappa shape index (κ3) is 2.57. The zero-order chi connectivity index (χ0) is 21.1. The van der Waals surface area contributed by atoms with E-state index in [1.54, 1.807) is 26.4 Å². The molecule has 1 aliphatic heterocycles. The Labute approximate surface area is 184 Å². The van der Waals surface area contributed by atoms with E-state index in [0.717, 1.165) is 16.7 Å². The molecule has 3 aromatic rings. The van der Waals surface area contributed by atoms with Gasteiger partial charge < -0.3 is 14.2 Å². The van der Waals surface area contributed by atoms with Crippen LogP contribution in [0, 0.1) is 11.7 Å². The maximum atomic E-state index is 13.6. The second-order valence-corrected chi connectivity index (χ2v) is 8.96. The van der Waals surface area contributed by atoms with Crippen molar-refractivity contribution in [3.05, 3.63) is 89.2 Å². The Bertz CT molecular complexity index is 1120. The van der Waals surface area contributed by atoms with E-state index in [9.17, 15) is 4.39 Å². The van der Waals surface area contributed by atoms with E-state index < -0.39 is 9.93 Å². The summed E-state index contributed by atoms with van der Waals surface area (Å²) in [6.07, 6.45) is 0. The van der Waals surface area contributed by atoms with Crippen molar-refractivity contribution in [1.29, 1.82) is 0 Å². The van der Waals surface area contributed by atoms with Crippen molar-refractivity contribution in [2.45, 2.75) is 15.9 Å². The van der Waals surface area contributed by atoms with Gasteiger partial charge in [-0.15, -0.1) is 0 Å². The Kier molecular flexibility index (Phi) is 4.42. The fourth-order valence-electron chi connectivity index (χ4n) is 4.71. The van der Waals surface area contributed by atoms with Crippen molar-refractivity contribution in [3.63, 3.8) is 0 Å². The minimum Gasteiger partial charge on any atom is -0.493 e. The molecular weight excluding hydrogens is 426 g/mol. The lowest BCUT2D eigenvalue weighted by molar-refractivity contribution is 0.137. The van der Waals surface area contributed by atoms with Gasteiger partial charge in [0, 0.05) is 17.0 Å². The molecule has 2 aliphatic rings. The molecule has 154 valence electrons. The Balaban J connectivity index is 1.70. The van der Waals surface area contributed by atoms with E-state index in [1.807, 2.05) is 42.5 Å². The highest BCUT2D eigenvalue weighted by molar-refractivity contribution is 6.52. The monoisotopic (exact) mass is 444 g/mol. The molecule has 3 atom stereocenters. The van der Waals surface area contributed by atoms with Crippen LogP contribution >= 0.6 is 23.2 Å². The molecule has 30 heavy (non-hydrogen) atoms. The summed E-state index contributed by atoms with van der Waals surface area (Å²) in [4.78, 5) is 0. The summed E-state index contributed by atoms with van der Waals surface area (Å²) in [6, 6.07) is 19.8. The number of fused-ring (bicyclic) bond motifs is 2. The topological polar surface area (TPSA) is 27.7 Å². The van der Waals surface area contributed by atoms with Gasteiger partial charge in [0.1, 0.15) is 11.6 Å². The molecule has 0 radical (unpaired) electrons. The molecule has 0 aromatic heterocycles. The normalized spacial score (nSPS) is 25.5. The first-order chi connectivity index (χ1) is 14.4. The summed E-state index contributed by atoms with van der Waals surface area (Å²) >= 11 is 13.9. The summed E-state index contributed by atoms with van der Waals surface area (Å²) in [5.41, 5.74) is 1.75. The maximum absolute atomic E-state index is 13.6. The molecule has 0 spiro atoms. The van der Waals surface area contributed by atoms with Gasteiger partial charge in [0.2, 0.25) is 0 Å². The van der Waals surface area contributed by atoms with Crippen LogP contribution in [0.5, 0.6) is 17.2 Å². The Hall–Kier alpha value is -2.43. The van der Waals surface area contributed by atoms with E-state index in [0.29, 0.717) is 17.2 Å². The van der Waals surface area contributed by atoms with E-state index >= 15 is 0 Å². The number of methoxy groups -OCH3 is 2. The van der Waals surface area contributed by atoms with Gasteiger partial charge in [0.15, 0.2) is 21.4 Å².